The van der Waals surface area contributed by atoms with E-state index in [1.54, 1.807) is 0 Å². The number of allylic oxidation sites excluding steroid dienone is 1. The second kappa shape index (κ2) is 5.22. The number of nitrogens with two attached hydrogens (primary N) is 1. The molecule has 0 fully saturated rings. The standard InChI is InChI=1S/C7H14N2/c1-3-4-5-6-9-7(2)8/h4-5,9H,2-3,6,8H2,1H3/b5-4+. The van der Waals surface area contributed by atoms with Crippen molar-refractivity contribution in [3.8, 4) is 0 Å². The molecule has 0 radical (unpaired) electrons. The summed E-state index contributed by atoms with van der Waals surface area (Å²) >= 11 is 0. The quantitative estimate of drug-likeness (QED) is 0.551. The van der Waals surface area contributed by atoms with Gasteiger partial charge in [0.1, 0.15) is 0 Å². The highest BCUT2D eigenvalue weighted by atomic mass is 15.0. The van der Waals surface area contributed by atoms with Crippen LogP contribution in [0.3, 0.4) is 0 Å². The molecule has 0 aromatic heterocycles. The van der Waals surface area contributed by atoms with E-state index in [0.29, 0.717) is 5.82 Å². The van der Waals surface area contributed by atoms with Gasteiger partial charge in [0.05, 0.1) is 5.82 Å². The van der Waals surface area contributed by atoms with Gasteiger partial charge in [0, 0.05) is 6.54 Å². The molecule has 0 saturated carbocycles. The van der Waals surface area contributed by atoms with Crippen LogP contribution in [0.1, 0.15) is 13.3 Å². The topological polar surface area (TPSA) is 38.0 Å². The molecule has 0 unspecified atom stereocenters. The van der Waals surface area contributed by atoms with Crippen LogP contribution in [0.2, 0.25) is 0 Å². The predicted octanol–water partition coefficient (Wildman–Crippen LogP) is 0.972. The van der Waals surface area contributed by atoms with Crippen molar-refractivity contribution >= 4 is 0 Å². The second-order valence-electron chi connectivity index (χ2n) is 1.79. The summed E-state index contributed by atoms with van der Waals surface area (Å²) < 4.78 is 0. The Balaban J connectivity index is 3.09. The molecular formula is C7H14N2. The number of rotatable bonds is 4. The maximum Gasteiger partial charge on any atom is 0.0888 e. The molecule has 2 nitrogen and oxygen atoms in total. The Hall–Kier alpha value is -0.920. The van der Waals surface area contributed by atoms with Crippen LogP contribution in [-0.4, -0.2) is 6.54 Å². The maximum atomic E-state index is 5.24. The van der Waals surface area contributed by atoms with Crippen molar-refractivity contribution in [2.24, 2.45) is 5.73 Å². The van der Waals surface area contributed by atoms with Gasteiger partial charge in [-0.15, -0.1) is 0 Å². The summed E-state index contributed by atoms with van der Waals surface area (Å²) in [5, 5.41) is 2.88. The van der Waals surface area contributed by atoms with Gasteiger partial charge in [-0.1, -0.05) is 25.7 Å². The lowest BCUT2D eigenvalue weighted by Gasteiger charge is -1.97. The van der Waals surface area contributed by atoms with Crippen LogP contribution in [-0.2, 0) is 0 Å². The largest absolute Gasteiger partial charge is 0.386 e. The Morgan fingerprint density at radius 3 is 2.78 bits per heavy atom. The molecule has 0 spiro atoms. The first-order valence-corrected chi connectivity index (χ1v) is 3.10. The lowest BCUT2D eigenvalue weighted by Crippen LogP contribution is -2.18. The Bertz CT molecular complexity index is 105. The van der Waals surface area contributed by atoms with Gasteiger partial charge < -0.3 is 11.1 Å². The summed E-state index contributed by atoms with van der Waals surface area (Å²) in [6.07, 6.45) is 5.17. The molecule has 0 atom stereocenters. The molecule has 0 saturated heterocycles. The van der Waals surface area contributed by atoms with Gasteiger partial charge in [0.25, 0.3) is 0 Å². The third-order valence-corrected chi connectivity index (χ3v) is 0.849. The van der Waals surface area contributed by atoms with Gasteiger partial charge in [-0.25, -0.2) is 0 Å². The Kier molecular flexibility index (Phi) is 4.69. The molecule has 0 bridgehead atoms. The van der Waals surface area contributed by atoms with Crippen molar-refractivity contribution in [3.05, 3.63) is 24.6 Å². The lowest BCUT2D eigenvalue weighted by atomic mass is 10.4. The molecule has 2 heteroatoms. The fourth-order valence-electron chi connectivity index (χ4n) is 0.440. The van der Waals surface area contributed by atoms with Crippen molar-refractivity contribution in [2.75, 3.05) is 6.54 Å². The van der Waals surface area contributed by atoms with Gasteiger partial charge in [0.2, 0.25) is 0 Å². The summed E-state index contributed by atoms with van der Waals surface area (Å²) in [4.78, 5) is 0. The summed E-state index contributed by atoms with van der Waals surface area (Å²) in [6.45, 7) is 6.36. The van der Waals surface area contributed by atoms with Gasteiger partial charge in [-0.2, -0.15) is 0 Å². The fourth-order valence-corrected chi connectivity index (χ4v) is 0.440. The van der Waals surface area contributed by atoms with Crippen molar-refractivity contribution in [2.45, 2.75) is 13.3 Å². The fraction of sp³-hybridized carbons (Fsp3) is 0.429. The van der Waals surface area contributed by atoms with E-state index in [2.05, 4.69) is 24.9 Å². The predicted molar refractivity (Wildman–Crippen MR) is 40.8 cm³/mol. The first-order chi connectivity index (χ1) is 4.27. The van der Waals surface area contributed by atoms with Gasteiger partial charge in [0.15, 0.2) is 0 Å². The maximum absolute atomic E-state index is 5.24. The van der Waals surface area contributed by atoms with E-state index >= 15 is 0 Å². The monoisotopic (exact) mass is 126 g/mol. The molecule has 0 aromatic rings. The molecule has 0 rings (SSSR count). The lowest BCUT2D eigenvalue weighted by molar-refractivity contribution is 0.890. The molecule has 0 amide bonds. The van der Waals surface area contributed by atoms with Gasteiger partial charge in [-0.3, -0.25) is 0 Å². The average molecular weight is 126 g/mol. The first kappa shape index (κ1) is 8.08. The zero-order chi connectivity index (χ0) is 7.11. The minimum absolute atomic E-state index is 0.524. The van der Waals surface area contributed by atoms with Crippen molar-refractivity contribution in [1.82, 2.24) is 5.32 Å². The van der Waals surface area contributed by atoms with E-state index < -0.39 is 0 Å². The Labute approximate surface area is 56.4 Å². The normalized spacial score (nSPS) is 9.89. The molecule has 0 aliphatic rings. The van der Waals surface area contributed by atoms with Crippen LogP contribution < -0.4 is 11.1 Å². The third kappa shape index (κ3) is 7.08. The van der Waals surface area contributed by atoms with E-state index in [1.807, 2.05) is 6.08 Å². The van der Waals surface area contributed by atoms with Gasteiger partial charge in [-0.05, 0) is 6.42 Å². The minimum Gasteiger partial charge on any atom is -0.386 e. The summed E-state index contributed by atoms with van der Waals surface area (Å²) in [6, 6.07) is 0. The highest BCUT2D eigenvalue weighted by Gasteiger charge is 1.76. The zero-order valence-electron chi connectivity index (χ0n) is 5.85. The van der Waals surface area contributed by atoms with Crippen molar-refractivity contribution in [3.63, 3.8) is 0 Å². The smallest absolute Gasteiger partial charge is 0.0888 e. The molecular weight excluding hydrogens is 112 g/mol. The average Bonchev–Trinajstić information content (AvgIpc) is 1.80. The van der Waals surface area contributed by atoms with Crippen LogP contribution >= 0.6 is 0 Å². The van der Waals surface area contributed by atoms with E-state index in [1.165, 1.54) is 0 Å². The van der Waals surface area contributed by atoms with Crippen LogP contribution in [0, 0.1) is 0 Å². The Morgan fingerprint density at radius 1 is 1.67 bits per heavy atom. The SMILES string of the molecule is C=C(N)NC/C=C/CC. The van der Waals surface area contributed by atoms with E-state index in [-0.39, 0.29) is 0 Å². The van der Waals surface area contributed by atoms with Crippen LogP contribution in [0.4, 0.5) is 0 Å². The van der Waals surface area contributed by atoms with Crippen LogP contribution in [0.15, 0.2) is 24.6 Å². The van der Waals surface area contributed by atoms with Crippen LogP contribution in [0.5, 0.6) is 0 Å². The molecule has 52 valence electrons. The summed E-state index contributed by atoms with van der Waals surface area (Å²) in [5.74, 6) is 0.524. The second-order valence-corrected chi connectivity index (χ2v) is 1.79. The van der Waals surface area contributed by atoms with E-state index in [9.17, 15) is 0 Å². The summed E-state index contributed by atoms with van der Waals surface area (Å²) in [7, 11) is 0. The number of hydrogen-bond acceptors (Lipinski definition) is 2. The first-order valence-electron chi connectivity index (χ1n) is 3.10. The number of hydrogen-bond donors (Lipinski definition) is 2. The molecule has 3 N–H and O–H groups in total. The third-order valence-electron chi connectivity index (χ3n) is 0.849. The molecule has 0 aliphatic heterocycles. The number of nitrogens with one attached hydrogen (secondary N) is 1. The van der Waals surface area contributed by atoms with Gasteiger partial charge >= 0.3 is 0 Å². The zero-order valence-corrected chi connectivity index (χ0v) is 5.85. The van der Waals surface area contributed by atoms with E-state index in [4.69, 9.17) is 5.73 Å². The highest BCUT2D eigenvalue weighted by Crippen LogP contribution is 1.77. The highest BCUT2D eigenvalue weighted by molar-refractivity contribution is 4.89. The van der Waals surface area contributed by atoms with Crippen molar-refractivity contribution < 1.29 is 0 Å². The van der Waals surface area contributed by atoms with Crippen LogP contribution in [0.25, 0.3) is 0 Å². The van der Waals surface area contributed by atoms with E-state index in [0.717, 1.165) is 13.0 Å². The molecule has 0 aromatic carbocycles. The van der Waals surface area contributed by atoms with Crippen molar-refractivity contribution in [1.29, 1.82) is 0 Å². The molecule has 9 heavy (non-hydrogen) atoms. The minimum atomic E-state index is 0.524. The Morgan fingerprint density at radius 2 is 2.33 bits per heavy atom. The summed E-state index contributed by atoms with van der Waals surface area (Å²) in [5.41, 5.74) is 5.24. The molecule has 0 heterocycles. The molecule has 0 aliphatic carbocycles.